The molecule has 164 valence electrons. The number of nitrogens with one attached hydrogen (secondary N) is 2. The van der Waals surface area contributed by atoms with E-state index in [0.29, 0.717) is 0 Å². The number of hydrogen-bond donors (Lipinski definition) is 2. The van der Waals surface area contributed by atoms with Crippen molar-refractivity contribution in [2.45, 2.75) is 57.5 Å². The summed E-state index contributed by atoms with van der Waals surface area (Å²) >= 11 is 1.11. The molecule has 0 aromatic heterocycles. The van der Waals surface area contributed by atoms with Crippen molar-refractivity contribution < 1.29 is 42.9 Å². The zero-order valence-corrected chi connectivity index (χ0v) is 17.7. The van der Waals surface area contributed by atoms with Gasteiger partial charge >= 0.3 is 17.9 Å². The normalized spacial score (nSPS) is 26.0. The second-order valence-electron chi connectivity index (χ2n) is 6.16. The van der Waals surface area contributed by atoms with Crippen molar-refractivity contribution in [2.75, 3.05) is 19.5 Å². The van der Waals surface area contributed by atoms with E-state index in [-0.39, 0.29) is 18.3 Å². The van der Waals surface area contributed by atoms with E-state index in [0.717, 1.165) is 11.8 Å². The van der Waals surface area contributed by atoms with Crippen LogP contribution in [0.25, 0.3) is 0 Å². The molecule has 1 amide bonds. The number of rotatable bonds is 8. The van der Waals surface area contributed by atoms with E-state index in [4.69, 9.17) is 29.1 Å². The van der Waals surface area contributed by atoms with Crippen LogP contribution in [0.4, 0.5) is 0 Å². The first-order valence-electron chi connectivity index (χ1n) is 8.68. The van der Waals surface area contributed by atoms with Crippen molar-refractivity contribution >= 4 is 41.5 Å². The Kier molecular flexibility index (Phi) is 9.89. The fourth-order valence-corrected chi connectivity index (χ4v) is 3.73. The van der Waals surface area contributed by atoms with E-state index < -0.39 is 53.6 Å². The molecule has 29 heavy (non-hydrogen) atoms. The summed E-state index contributed by atoms with van der Waals surface area (Å²) in [7, 11) is 1.35. The van der Waals surface area contributed by atoms with Crippen LogP contribution in [0.2, 0.25) is 0 Å². The lowest BCUT2D eigenvalue weighted by atomic mass is 9.97. The summed E-state index contributed by atoms with van der Waals surface area (Å²) in [5.74, 6) is -2.27. The number of amides is 1. The number of methoxy groups -OCH3 is 1. The lowest BCUT2D eigenvalue weighted by Crippen LogP contribution is -2.65. The van der Waals surface area contributed by atoms with Crippen LogP contribution >= 0.6 is 11.8 Å². The maximum absolute atomic E-state index is 11.7. The Morgan fingerprint density at radius 3 is 2.07 bits per heavy atom. The molecule has 1 rings (SSSR count). The molecular formula is C17H26N2O9S. The van der Waals surface area contributed by atoms with Gasteiger partial charge in [-0.25, -0.2) is 0 Å². The molecule has 1 fully saturated rings. The molecule has 0 aromatic rings. The fourth-order valence-electron chi connectivity index (χ4n) is 2.65. The summed E-state index contributed by atoms with van der Waals surface area (Å²) < 4.78 is 26.4. The minimum absolute atomic E-state index is 0.0390. The van der Waals surface area contributed by atoms with Gasteiger partial charge in [-0.05, 0) is 0 Å². The first-order valence-corrected chi connectivity index (χ1v) is 9.73. The van der Waals surface area contributed by atoms with Crippen molar-refractivity contribution in [3.05, 3.63) is 0 Å². The van der Waals surface area contributed by atoms with Crippen molar-refractivity contribution in [3.63, 3.8) is 0 Å². The Hall–Kier alpha value is -2.34. The quantitative estimate of drug-likeness (QED) is 0.231. The fraction of sp³-hybridized carbons (Fsp3) is 0.706. The molecule has 1 aliphatic heterocycles. The minimum Gasteiger partial charge on any atom is -0.484 e. The van der Waals surface area contributed by atoms with Gasteiger partial charge in [0, 0.05) is 27.7 Å². The molecule has 1 saturated heterocycles. The summed E-state index contributed by atoms with van der Waals surface area (Å²) in [5, 5.41) is 10.3. The Morgan fingerprint density at radius 2 is 1.59 bits per heavy atom. The molecular weight excluding hydrogens is 408 g/mol. The molecule has 2 N–H and O–H groups in total. The highest BCUT2D eigenvalue weighted by Crippen LogP contribution is 2.32. The molecule has 5 atom stereocenters. The van der Waals surface area contributed by atoms with Crippen LogP contribution in [0.3, 0.4) is 0 Å². The first-order chi connectivity index (χ1) is 13.5. The van der Waals surface area contributed by atoms with Crippen LogP contribution in [0, 0.1) is 5.41 Å². The summed E-state index contributed by atoms with van der Waals surface area (Å²) in [6, 6.07) is -0.899. The highest BCUT2D eigenvalue weighted by atomic mass is 32.2. The van der Waals surface area contributed by atoms with Gasteiger partial charge in [0.25, 0.3) is 0 Å². The van der Waals surface area contributed by atoms with Crippen LogP contribution in [0.15, 0.2) is 0 Å². The average Bonchev–Trinajstić information content (AvgIpc) is 2.60. The molecule has 1 aliphatic rings. The molecule has 12 heteroatoms. The molecule has 11 nitrogen and oxygen atoms in total. The van der Waals surface area contributed by atoms with Gasteiger partial charge in [-0.1, -0.05) is 0 Å². The summed E-state index contributed by atoms with van der Waals surface area (Å²) in [5.41, 5.74) is -0.814. The number of carbonyl (C=O) groups excluding carboxylic acids is 4. The van der Waals surface area contributed by atoms with E-state index >= 15 is 0 Å². The molecule has 0 saturated carbocycles. The number of thioether (sulfide) groups is 1. The largest absolute Gasteiger partial charge is 0.484 e. The van der Waals surface area contributed by atoms with Gasteiger partial charge in [0.1, 0.15) is 24.2 Å². The molecule has 0 radical (unpaired) electrons. The maximum atomic E-state index is 11.7. The van der Waals surface area contributed by atoms with Crippen LogP contribution < -0.4 is 5.32 Å². The third-order valence-electron chi connectivity index (χ3n) is 3.70. The van der Waals surface area contributed by atoms with E-state index in [1.54, 1.807) is 0 Å². The lowest BCUT2D eigenvalue weighted by Gasteiger charge is -2.45. The standard InChI is InChI=1S/C17H26N2O9S/c1-8(20)19-14-16(27-11(4)23)15(26-10(3)22)12(6-25-9(2)21)28-17(14)29-7-13(18)24-5/h12,14-18H,6-7H2,1-5H3,(H,19,20). The number of esters is 3. The molecule has 0 aliphatic carbocycles. The molecule has 0 spiro atoms. The Bertz CT molecular complexity index is 642. The maximum Gasteiger partial charge on any atom is 0.303 e. The van der Waals surface area contributed by atoms with Crippen LogP contribution in [0.5, 0.6) is 0 Å². The van der Waals surface area contributed by atoms with Gasteiger partial charge in [0.15, 0.2) is 18.1 Å². The second-order valence-corrected chi connectivity index (χ2v) is 7.24. The predicted octanol–water partition coefficient (Wildman–Crippen LogP) is -0.000630. The highest BCUT2D eigenvalue weighted by molar-refractivity contribution is 8.00. The van der Waals surface area contributed by atoms with Gasteiger partial charge in [0.2, 0.25) is 5.91 Å². The second kappa shape index (κ2) is 11.6. The van der Waals surface area contributed by atoms with E-state index in [1.165, 1.54) is 34.8 Å². The Morgan fingerprint density at radius 1 is 1.00 bits per heavy atom. The Balaban J connectivity index is 3.26. The van der Waals surface area contributed by atoms with Gasteiger partial charge in [-0.3, -0.25) is 24.6 Å². The predicted molar refractivity (Wildman–Crippen MR) is 101 cm³/mol. The molecule has 1 heterocycles. The summed E-state index contributed by atoms with van der Waals surface area (Å²) in [6.45, 7) is 4.56. The minimum atomic E-state index is -1.13. The van der Waals surface area contributed by atoms with Crippen LogP contribution in [-0.4, -0.2) is 79.0 Å². The van der Waals surface area contributed by atoms with E-state index in [1.807, 2.05) is 0 Å². The van der Waals surface area contributed by atoms with Gasteiger partial charge in [-0.15, -0.1) is 11.8 Å². The zero-order valence-electron chi connectivity index (χ0n) is 16.9. The first kappa shape index (κ1) is 24.7. The van der Waals surface area contributed by atoms with Crippen molar-refractivity contribution in [1.82, 2.24) is 5.32 Å². The topological polar surface area (TPSA) is 150 Å². The highest BCUT2D eigenvalue weighted by Gasteiger charge is 2.50. The van der Waals surface area contributed by atoms with Crippen LogP contribution in [0.1, 0.15) is 27.7 Å². The lowest BCUT2D eigenvalue weighted by molar-refractivity contribution is -0.211. The SMILES string of the molecule is COC(=N)CSC1OC(COC(C)=O)C(OC(C)=O)C(OC(C)=O)C1NC(C)=O. The monoisotopic (exact) mass is 434 g/mol. The van der Waals surface area contributed by atoms with Crippen LogP contribution in [-0.2, 0) is 42.9 Å². The van der Waals surface area contributed by atoms with Crippen molar-refractivity contribution in [1.29, 1.82) is 5.41 Å². The molecule has 0 aromatic carbocycles. The van der Waals surface area contributed by atoms with Gasteiger partial charge in [0.05, 0.1) is 12.9 Å². The smallest absolute Gasteiger partial charge is 0.303 e. The number of hydrogen-bond acceptors (Lipinski definition) is 11. The van der Waals surface area contributed by atoms with E-state index in [9.17, 15) is 19.2 Å². The van der Waals surface area contributed by atoms with Gasteiger partial charge < -0.3 is 29.0 Å². The third-order valence-corrected chi connectivity index (χ3v) is 4.86. The molecule has 5 unspecified atom stereocenters. The third kappa shape index (κ3) is 8.28. The van der Waals surface area contributed by atoms with Crippen molar-refractivity contribution in [3.8, 4) is 0 Å². The summed E-state index contributed by atoms with van der Waals surface area (Å²) in [4.78, 5) is 46.3. The number of ether oxygens (including phenoxy) is 5. The zero-order chi connectivity index (χ0) is 22.1. The number of carbonyl (C=O) groups is 4. The van der Waals surface area contributed by atoms with E-state index in [2.05, 4.69) is 5.32 Å². The average molecular weight is 434 g/mol. The molecule has 0 bridgehead atoms. The van der Waals surface area contributed by atoms with Gasteiger partial charge in [-0.2, -0.15) is 0 Å². The Labute approximate surface area is 172 Å². The summed E-state index contributed by atoms with van der Waals surface area (Å²) in [6.07, 6.45) is -3.21. The van der Waals surface area contributed by atoms with Crippen molar-refractivity contribution in [2.24, 2.45) is 0 Å².